The van der Waals surface area contributed by atoms with Gasteiger partial charge < -0.3 is 0 Å². The predicted octanol–water partition coefficient (Wildman–Crippen LogP) is 2.65. The molecular weight excluding hydrogens is 135 g/mol. The lowest BCUT2D eigenvalue weighted by atomic mass is 10.6. The molecule has 0 N–H and O–H groups in total. The second-order valence-electron chi connectivity index (χ2n) is 2.28. The van der Waals surface area contributed by atoms with Gasteiger partial charge in [0.2, 0.25) is 0 Å². The van der Waals surface area contributed by atoms with Crippen molar-refractivity contribution in [3.8, 4) is 0 Å². The van der Waals surface area contributed by atoms with Crippen molar-refractivity contribution < 1.29 is 0 Å². The molecule has 0 fully saturated rings. The van der Waals surface area contributed by atoms with Gasteiger partial charge in [0.25, 0.3) is 0 Å². The largest absolute Gasteiger partial charge is 0.0935 e. The molecule has 0 aliphatic rings. The van der Waals surface area contributed by atoms with E-state index in [2.05, 4.69) is 26.3 Å². The molecule has 0 bridgehead atoms. The molecule has 0 aromatic carbocycles. The van der Waals surface area contributed by atoms with Crippen molar-refractivity contribution in [2.24, 2.45) is 0 Å². The van der Waals surface area contributed by atoms with Crippen molar-refractivity contribution >= 4 is 17.8 Å². The Morgan fingerprint density at radius 1 is 1.50 bits per heavy atom. The van der Waals surface area contributed by atoms with Gasteiger partial charge in [0.15, 0.2) is 0 Å². The summed E-state index contributed by atoms with van der Waals surface area (Å²) in [5.74, 6) is 0. The Bertz CT molecular complexity index is 141. The van der Waals surface area contributed by atoms with E-state index in [1.165, 1.54) is 5.31 Å². The second-order valence-corrected chi connectivity index (χ2v) is 8.43. The molecule has 0 saturated heterocycles. The Kier molecular flexibility index (Phi) is 2.93. The number of hydrogen-bond donors (Lipinski definition) is 0. The Balaban J connectivity index is 4.27. The molecule has 0 rings (SSSR count). The average molecular weight is 148 g/mol. The van der Waals surface area contributed by atoms with Gasteiger partial charge in [-0.05, 0) is 38.5 Å². The Morgan fingerprint density at radius 2 is 1.88 bits per heavy atom. The van der Waals surface area contributed by atoms with E-state index >= 15 is 0 Å². The lowest BCUT2D eigenvalue weighted by molar-refractivity contribution is 1.58. The van der Waals surface area contributed by atoms with E-state index in [0.29, 0.717) is 0 Å². The summed E-state index contributed by atoms with van der Waals surface area (Å²) in [5.41, 5.74) is 0. The molecule has 8 heavy (non-hydrogen) atoms. The van der Waals surface area contributed by atoms with Crippen LogP contribution in [0.4, 0.5) is 0 Å². The monoisotopic (exact) mass is 148 g/mol. The van der Waals surface area contributed by atoms with Crippen LogP contribution in [0.15, 0.2) is 11.4 Å². The van der Waals surface area contributed by atoms with Gasteiger partial charge in [0, 0.05) is 0 Å². The van der Waals surface area contributed by atoms with Gasteiger partial charge in [-0.15, -0.1) is 0 Å². The maximum absolute atomic E-state index is 5.25. The molecule has 0 aliphatic carbocycles. The minimum absolute atomic E-state index is 1.06. The van der Waals surface area contributed by atoms with Crippen LogP contribution in [0, 0.1) is 0 Å². The molecule has 0 saturated carbocycles. The highest BCUT2D eigenvalue weighted by molar-refractivity contribution is 8.15. The highest BCUT2D eigenvalue weighted by atomic mass is 32.4. The Labute approximate surface area is 57.0 Å². The molecular formula is C6H13PS. The van der Waals surface area contributed by atoms with Gasteiger partial charge in [0.05, 0.1) is 0 Å². The van der Waals surface area contributed by atoms with Gasteiger partial charge in [0.1, 0.15) is 0 Å². The Hall–Kier alpha value is 0.390. The maximum Gasteiger partial charge on any atom is -0.0270 e. The molecule has 0 amide bonds. The predicted molar refractivity (Wildman–Crippen MR) is 45.6 cm³/mol. The summed E-state index contributed by atoms with van der Waals surface area (Å²) in [6.45, 7) is 8.46. The molecule has 0 nitrogen and oxygen atoms in total. The molecule has 0 unspecified atom stereocenters. The standard InChI is InChI=1S/C6H13PS/c1-5-6(2)7(3,4)8/h5H,1-4H3. The van der Waals surface area contributed by atoms with Gasteiger partial charge >= 0.3 is 0 Å². The lowest BCUT2D eigenvalue weighted by Crippen LogP contribution is -1.74. The fourth-order valence-electron chi connectivity index (χ4n) is 0.311. The van der Waals surface area contributed by atoms with Crippen LogP contribution >= 0.6 is 6.04 Å². The normalized spacial score (nSPS) is 14.2. The summed E-state index contributed by atoms with van der Waals surface area (Å²) in [6, 6.07) is -1.06. The molecule has 0 aromatic heterocycles. The van der Waals surface area contributed by atoms with E-state index in [1.54, 1.807) is 0 Å². The van der Waals surface area contributed by atoms with E-state index in [-0.39, 0.29) is 0 Å². The first kappa shape index (κ1) is 8.39. The van der Waals surface area contributed by atoms with Crippen LogP contribution in [0.5, 0.6) is 0 Å². The highest BCUT2D eigenvalue weighted by Crippen LogP contribution is 2.45. The molecule has 2 heteroatoms. The van der Waals surface area contributed by atoms with Crippen molar-refractivity contribution in [3.05, 3.63) is 11.4 Å². The minimum Gasteiger partial charge on any atom is -0.0935 e. The first-order valence-corrected chi connectivity index (χ1v) is 6.36. The lowest BCUT2D eigenvalue weighted by Gasteiger charge is -2.08. The molecule has 48 valence electrons. The molecule has 0 radical (unpaired) electrons. The summed E-state index contributed by atoms with van der Waals surface area (Å²) in [5, 5.41) is 1.38. The van der Waals surface area contributed by atoms with Crippen LogP contribution in [-0.4, -0.2) is 13.3 Å². The number of hydrogen-bond acceptors (Lipinski definition) is 1. The molecule has 0 aromatic rings. The number of rotatable bonds is 1. The van der Waals surface area contributed by atoms with Gasteiger partial charge in [-0.3, -0.25) is 0 Å². The third-order valence-corrected chi connectivity index (χ3v) is 4.09. The van der Waals surface area contributed by atoms with Gasteiger partial charge in [-0.2, -0.15) is 0 Å². The van der Waals surface area contributed by atoms with Gasteiger partial charge in [-0.25, -0.2) is 0 Å². The van der Waals surface area contributed by atoms with Crippen molar-refractivity contribution in [1.29, 1.82) is 0 Å². The SMILES string of the molecule is CC=C(C)P(C)(C)=S. The maximum atomic E-state index is 5.25. The zero-order chi connectivity index (χ0) is 6.78. The van der Waals surface area contributed by atoms with E-state index in [4.69, 9.17) is 11.8 Å². The summed E-state index contributed by atoms with van der Waals surface area (Å²) >= 11 is 5.25. The number of allylic oxidation sites excluding steroid dienone is 2. The van der Waals surface area contributed by atoms with Crippen LogP contribution in [0.3, 0.4) is 0 Å². The van der Waals surface area contributed by atoms with Crippen LogP contribution in [0.1, 0.15) is 13.8 Å². The molecule has 0 atom stereocenters. The second kappa shape index (κ2) is 2.80. The quantitative estimate of drug-likeness (QED) is 0.515. The first-order valence-electron chi connectivity index (χ1n) is 2.67. The summed E-state index contributed by atoms with van der Waals surface area (Å²) in [7, 11) is 0. The van der Waals surface area contributed by atoms with Crippen molar-refractivity contribution in [3.63, 3.8) is 0 Å². The van der Waals surface area contributed by atoms with Crippen LogP contribution in [0.25, 0.3) is 0 Å². The summed E-state index contributed by atoms with van der Waals surface area (Å²) in [4.78, 5) is 0. The third-order valence-electron chi connectivity index (χ3n) is 1.27. The van der Waals surface area contributed by atoms with E-state index < -0.39 is 6.04 Å². The zero-order valence-electron chi connectivity index (χ0n) is 5.93. The first-order chi connectivity index (χ1) is 3.48. The van der Waals surface area contributed by atoms with Crippen LogP contribution in [0.2, 0.25) is 0 Å². The highest BCUT2D eigenvalue weighted by Gasteiger charge is 2.00. The fraction of sp³-hybridized carbons (Fsp3) is 0.667. The molecule has 0 aliphatic heterocycles. The van der Waals surface area contributed by atoms with E-state index in [1.807, 2.05) is 6.92 Å². The minimum atomic E-state index is -1.06. The third kappa shape index (κ3) is 2.64. The Morgan fingerprint density at radius 3 is 1.88 bits per heavy atom. The molecule has 0 heterocycles. The van der Waals surface area contributed by atoms with Crippen LogP contribution < -0.4 is 0 Å². The average Bonchev–Trinajstić information content (AvgIpc) is 1.62. The van der Waals surface area contributed by atoms with Crippen molar-refractivity contribution in [2.75, 3.05) is 13.3 Å². The van der Waals surface area contributed by atoms with E-state index in [0.717, 1.165) is 0 Å². The van der Waals surface area contributed by atoms with Crippen LogP contribution in [-0.2, 0) is 11.8 Å². The molecule has 0 spiro atoms. The fourth-order valence-corrected chi connectivity index (χ4v) is 1.25. The van der Waals surface area contributed by atoms with Gasteiger partial charge in [-0.1, -0.05) is 17.9 Å². The summed E-state index contributed by atoms with van der Waals surface area (Å²) < 4.78 is 0. The smallest absolute Gasteiger partial charge is 0.0270 e. The zero-order valence-corrected chi connectivity index (χ0v) is 7.64. The van der Waals surface area contributed by atoms with Crippen molar-refractivity contribution in [1.82, 2.24) is 0 Å². The summed E-state index contributed by atoms with van der Waals surface area (Å²) in [6.07, 6.45) is 2.11. The topological polar surface area (TPSA) is 0 Å². The van der Waals surface area contributed by atoms with Crippen molar-refractivity contribution in [2.45, 2.75) is 13.8 Å². The van der Waals surface area contributed by atoms with E-state index in [9.17, 15) is 0 Å².